The third kappa shape index (κ3) is 4.18. The predicted octanol–water partition coefficient (Wildman–Crippen LogP) is 4.09. The Hall–Kier alpha value is -2.38. The minimum Gasteiger partial charge on any atom is -0.468 e. The van der Waals surface area contributed by atoms with Gasteiger partial charge in [0, 0.05) is 12.2 Å². The largest absolute Gasteiger partial charge is 0.468 e. The van der Waals surface area contributed by atoms with Gasteiger partial charge in [-0.25, -0.2) is 9.78 Å². The van der Waals surface area contributed by atoms with E-state index < -0.39 is 0 Å². The number of rotatable bonds is 7. The van der Waals surface area contributed by atoms with Crippen LogP contribution in [0.3, 0.4) is 0 Å². The summed E-state index contributed by atoms with van der Waals surface area (Å²) in [7, 11) is 0. The fourth-order valence-corrected chi connectivity index (χ4v) is 3.51. The van der Waals surface area contributed by atoms with Gasteiger partial charge in [0.25, 0.3) is 0 Å². The molecule has 2 aromatic heterocycles. The van der Waals surface area contributed by atoms with Crippen molar-refractivity contribution < 1.29 is 9.21 Å². The Bertz CT molecular complexity index is 811. The van der Waals surface area contributed by atoms with Gasteiger partial charge in [0.05, 0.1) is 28.0 Å². The molecule has 2 heterocycles. The van der Waals surface area contributed by atoms with Gasteiger partial charge in [0.1, 0.15) is 5.76 Å². The van der Waals surface area contributed by atoms with Gasteiger partial charge in [-0.15, -0.1) is 11.3 Å². The van der Waals surface area contributed by atoms with E-state index in [2.05, 4.69) is 34.4 Å². The number of aromatic nitrogens is 1. The standard InChI is InChI=1S/C18H22N4O2S/c1-3-22(4-2)15(16-6-5-9-24-16)11-19-18(23)21-13-7-8-17-14(10-13)20-12-25-17/h5-10,12,15H,3-4,11H2,1-2H3,(H2,19,21,23)/t15-/m1/s1. The third-order valence-electron chi connectivity index (χ3n) is 4.17. The van der Waals surface area contributed by atoms with Crippen molar-refractivity contribution in [2.75, 3.05) is 25.0 Å². The van der Waals surface area contributed by atoms with E-state index in [-0.39, 0.29) is 12.1 Å². The fraction of sp³-hybridized carbons (Fsp3) is 0.333. The molecule has 1 aromatic carbocycles. The molecule has 0 spiro atoms. The van der Waals surface area contributed by atoms with E-state index in [1.807, 2.05) is 30.3 Å². The Morgan fingerprint density at radius 2 is 2.16 bits per heavy atom. The molecule has 0 aliphatic heterocycles. The van der Waals surface area contributed by atoms with Gasteiger partial charge < -0.3 is 15.1 Å². The maximum atomic E-state index is 12.3. The maximum Gasteiger partial charge on any atom is 0.319 e. The number of likely N-dealkylation sites (N-methyl/N-ethyl adjacent to an activating group) is 1. The summed E-state index contributed by atoms with van der Waals surface area (Å²) >= 11 is 1.58. The smallest absolute Gasteiger partial charge is 0.319 e. The number of fused-ring (bicyclic) bond motifs is 1. The first kappa shape index (κ1) is 17.4. The molecule has 0 saturated carbocycles. The summed E-state index contributed by atoms with van der Waals surface area (Å²) in [4.78, 5) is 18.8. The highest BCUT2D eigenvalue weighted by Gasteiger charge is 2.21. The summed E-state index contributed by atoms with van der Waals surface area (Å²) in [6, 6.07) is 9.31. The molecule has 132 valence electrons. The Morgan fingerprint density at radius 1 is 1.32 bits per heavy atom. The number of nitrogens with one attached hydrogen (secondary N) is 2. The first-order valence-corrected chi connectivity index (χ1v) is 9.24. The molecule has 7 heteroatoms. The molecule has 0 radical (unpaired) electrons. The number of amides is 2. The van der Waals surface area contributed by atoms with Crippen molar-refractivity contribution in [1.29, 1.82) is 0 Å². The van der Waals surface area contributed by atoms with Crippen molar-refractivity contribution >= 4 is 33.3 Å². The lowest BCUT2D eigenvalue weighted by Gasteiger charge is -2.28. The highest BCUT2D eigenvalue weighted by molar-refractivity contribution is 7.16. The molecule has 3 rings (SSSR count). The molecular weight excluding hydrogens is 336 g/mol. The number of hydrogen-bond donors (Lipinski definition) is 2. The fourth-order valence-electron chi connectivity index (χ4n) is 2.86. The van der Waals surface area contributed by atoms with Crippen molar-refractivity contribution in [1.82, 2.24) is 15.2 Å². The molecule has 0 aliphatic carbocycles. The molecule has 2 N–H and O–H groups in total. The molecule has 6 nitrogen and oxygen atoms in total. The monoisotopic (exact) mass is 358 g/mol. The average molecular weight is 358 g/mol. The molecule has 0 bridgehead atoms. The highest BCUT2D eigenvalue weighted by atomic mass is 32.1. The van der Waals surface area contributed by atoms with Gasteiger partial charge in [0.2, 0.25) is 0 Å². The maximum absolute atomic E-state index is 12.3. The highest BCUT2D eigenvalue weighted by Crippen LogP contribution is 2.22. The van der Waals surface area contributed by atoms with Crippen LogP contribution in [0, 0.1) is 0 Å². The summed E-state index contributed by atoms with van der Waals surface area (Å²) in [5.41, 5.74) is 3.42. The van der Waals surface area contributed by atoms with Crippen LogP contribution in [-0.2, 0) is 0 Å². The number of carbonyl (C=O) groups excluding carboxylic acids is 1. The molecule has 2 amide bonds. The first-order valence-electron chi connectivity index (χ1n) is 8.36. The number of benzene rings is 1. The number of thiazole rings is 1. The van der Waals surface area contributed by atoms with Crippen LogP contribution in [0.25, 0.3) is 10.2 Å². The van der Waals surface area contributed by atoms with E-state index in [1.54, 1.807) is 23.1 Å². The molecule has 25 heavy (non-hydrogen) atoms. The Morgan fingerprint density at radius 3 is 2.88 bits per heavy atom. The summed E-state index contributed by atoms with van der Waals surface area (Å²) in [5, 5.41) is 5.81. The summed E-state index contributed by atoms with van der Waals surface area (Å²) < 4.78 is 6.65. The second-order valence-electron chi connectivity index (χ2n) is 5.62. The summed E-state index contributed by atoms with van der Waals surface area (Å²) in [6.07, 6.45) is 1.66. The quantitative estimate of drug-likeness (QED) is 0.667. The lowest BCUT2D eigenvalue weighted by molar-refractivity contribution is 0.188. The van der Waals surface area contributed by atoms with Crippen LogP contribution in [0.15, 0.2) is 46.5 Å². The van der Waals surface area contributed by atoms with Crippen LogP contribution < -0.4 is 10.6 Å². The zero-order valence-electron chi connectivity index (χ0n) is 14.4. The van der Waals surface area contributed by atoms with Gasteiger partial charge in [-0.3, -0.25) is 4.90 Å². The SMILES string of the molecule is CCN(CC)[C@H](CNC(=O)Nc1ccc2scnc2c1)c1ccco1. The van der Waals surface area contributed by atoms with E-state index in [9.17, 15) is 4.79 Å². The molecule has 1 atom stereocenters. The van der Waals surface area contributed by atoms with E-state index in [1.165, 1.54) is 0 Å². The van der Waals surface area contributed by atoms with Crippen LogP contribution in [0.2, 0.25) is 0 Å². The van der Waals surface area contributed by atoms with E-state index in [0.29, 0.717) is 6.54 Å². The van der Waals surface area contributed by atoms with E-state index in [4.69, 9.17) is 4.42 Å². The molecule has 0 aliphatic rings. The summed E-state index contributed by atoms with van der Waals surface area (Å²) in [6.45, 7) is 6.43. The van der Waals surface area contributed by atoms with Crippen LogP contribution >= 0.6 is 11.3 Å². The number of furan rings is 1. The number of hydrogen-bond acceptors (Lipinski definition) is 5. The molecule has 3 aromatic rings. The first-order chi connectivity index (χ1) is 12.2. The normalized spacial score (nSPS) is 12.4. The van der Waals surface area contributed by atoms with Crippen molar-refractivity contribution in [3.63, 3.8) is 0 Å². The zero-order valence-corrected chi connectivity index (χ0v) is 15.2. The third-order valence-corrected chi connectivity index (χ3v) is 4.98. The molecular formula is C18H22N4O2S. The Labute approximate surface area is 150 Å². The van der Waals surface area contributed by atoms with Crippen molar-refractivity contribution in [3.8, 4) is 0 Å². The van der Waals surface area contributed by atoms with E-state index >= 15 is 0 Å². The second kappa shape index (κ2) is 8.13. The van der Waals surface area contributed by atoms with Crippen molar-refractivity contribution in [2.24, 2.45) is 0 Å². The van der Waals surface area contributed by atoms with Gasteiger partial charge in [-0.2, -0.15) is 0 Å². The topological polar surface area (TPSA) is 70.4 Å². The molecule has 0 fully saturated rings. The Balaban J connectivity index is 1.62. The number of carbonyl (C=O) groups is 1. The minimum absolute atomic E-state index is 0.0109. The van der Waals surface area contributed by atoms with Crippen LogP contribution in [0.5, 0.6) is 0 Å². The lowest BCUT2D eigenvalue weighted by atomic mass is 10.2. The van der Waals surface area contributed by atoms with Crippen molar-refractivity contribution in [2.45, 2.75) is 19.9 Å². The molecule has 0 unspecified atom stereocenters. The van der Waals surface area contributed by atoms with Crippen LogP contribution in [-0.4, -0.2) is 35.5 Å². The van der Waals surface area contributed by atoms with Crippen LogP contribution in [0.4, 0.5) is 10.5 Å². The number of anilines is 1. The summed E-state index contributed by atoms with van der Waals surface area (Å²) in [5.74, 6) is 0.855. The van der Waals surface area contributed by atoms with Gasteiger partial charge >= 0.3 is 6.03 Å². The minimum atomic E-state index is -0.238. The lowest BCUT2D eigenvalue weighted by Crippen LogP contribution is -2.39. The average Bonchev–Trinajstić information content (AvgIpc) is 3.29. The Kier molecular flexibility index (Phi) is 5.67. The van der Waals surface area contributed by atoms with Gasteiger partial charge in [-0.05, 0) is 43.4 Å². The predicted molar refractivity (Wildman–Crippen MR) is 101 cm³/mol. The second-order valence-corrected chi connectivity index (χ2v) is 6.51. The zero-order chi connectivity index (χ0) is 17.6. The molecule has 0 saturated heterocycles. The number of nitrogens with zero attached hydrogens (tertiary/aromatic N) is 2. The van der Waals surface area contributed by atoms with Gasteiger partial charge in [-0.1, -0.05) is 13.8 Å². The van der Waals surface area contributed by atoms with E-state index in [0.717, 1.165) is 34.8 Å². The van der Waals surface area contributed by atoms with Crippen molar-refractivity contribution in [3.05, 3.63) is 47.9 Å². The van der Waals surface area contributed by atoms with Crippen LogP contribution in [0.1, 0.15) is 25.6 Å². The van der Waals surface area contributed by atoms with Gasteiger partial charge in [0.15, 0.2) is 0 Å². The number of urea groups is 1.